The Bertz CT molecular complexity index is 1420. The van der Waals surface area contributed by atoms with Gasteiger partial charge in [-0.2, -0.15) is 5.10 Å². The fourth-order valence-electron chi connectivity index (χ4n) is 5.31. The number of anilines is 1. The maximum absolute atomic E-state index is 15.3. The number of aryl methyl sites for hydroxylation is 1. The summed E-state index contributed by atoms with van der Waals surface area (Å²) in [5.74, 6) is -1.46. The number of benzene rings is 3. The van der Waals surface area contributed by atoms with Gasteiger partial charge in [0.15, 0.2) is 0 Å². The molecule has 4 aromatic rings. The molecule has 1 saturated heterocycles. The Hall–Kier alpha value is -3.58. The first-order valence-corrected chi connectivity index (χ1v) is 10.9. The number of carbonyl (C=O) groups is 1. The fraction of sp³-hybridized carbons (Fsp3) is 0.231. The Morgan fingerprint density at radius 2 is 1.79 bits per heavy atom. The number of fused-ring (bicyclic) bond motifs is 3. The van der Waals surface area contributed by atoms with Gasteiger partial charge in [-0.1, -0.05) is 30.3 Å². The maximum Gasteiger partial charge on any atom is 0.252 e. The van der Waals surface area contributed by atoms with E-state index < -0.39 is 17.2 Å². The zero-order valence-electron chi connectivity index (χ0n) is 18.3. The van der Waals surface area contributed by atoms with Gasteiger partial charge in [-0.05, 0) is 48.9 Å². The normalized spacial score (nSPS) is 20.0. The molecule has 5 nitrogen and oxygen atoms in total. The van der Waals surface area contributed by atoms with Gasteiger partial charge in [0.1, 0.15) is 17.2 Å². The van der Waals surface area contributed by atoms with Gasteiger partial charge in [-0.25, -0.2) is 8.78 Å². The predicted molar refractivity (Wildman–Crippen MR) is 123 cm³/mol. The number of nitrogens with zero attached hydrogens (tertiary/aromatic N) is 4. The van der Waals surface area contributed by atoms with Crippen molar-refractivity contribution < 1.29 is 13.6 Å². The molecule has 0 bridgehead atoms. The van der Waals surface area contributed by atoms with Crippen molar-refractivity contribution >= 4 is 22.5 Å². The third-order valence-corrected chi connectivity index (χ3v) is 7.13. The average Bonchev–Trinajstić information content (AvgIpc) is 3.30. The first kappa shape index (κ1) is 20.1. The largest absolute Gasteiger partial charge is 0.305 e. The third kappa shape index (κ3) is 2.72. The molecule has 166 valence electrons. The van der Waals surface area contributed by atoms with E-state index in [0.717, 1.165) is 28.7 Å². The van der Waals surface area contributed by atoms with Crippen molar-refractivity contribution in [2.45, 2.75) is 18.5 Å². The molecule has 1 fully saturated rings. The van der Waals surface area contributed by atoms with Crippen molar-refractivity contribution in [1.29, 1.82) is 0 Å². The second kappa shape index (κ2) is 6.96. The highest BCUT2D eigenvalue weighted by atomic mass is 19.1. The molecule has 6 rings (SSSR count). The van der Waals surface area contributed by atoms with Crippen LogP contribution in [0, 0.1) is 11.6 Å². The number of carbonyl (C=O) groups excluding carboxylic acids is 1. The van der Waals surface area contributed by atoms with Crippen LogP contribution in [0.15, 0.2) is 60.8 Å². The first-order chi connectivity index (χ1) is 15.9. The van der Waals surface area contributed by atoms with Crippen LogP contribution < -0.4 is 4.90 Å². The van der Waals surface area contributed by atoms with E-state index in [0.29, 0.717) is 17.5 Å². The van der Waals surface area contributed by atoms with Gasteiger partial charge in [0.2, 0.25) is 0 Å². The van der Waals surface area contributed by atoms with Gasteiger partial charge < -0.3 is 4.90 Å². The Morgan fingerprint density at radius 3 is 2.48 bits per heavy atom. The molecule has 1 amide bonds. The van der Waals surface area contributed by atoms with E-state index in [2.05, 4.69) is 5.10 Å². The smallest absolute Gasteiger partial charge is 0.252 e. The summed E-state index contributed by atoms with van der Waals surface area (Å²) in [5.41, 5.74) is 2.70. The zero-order chi connectivity index (χ0) is 22.9. The minimum Gasteiger partial charge on any atom is -0.305 e. The second-order valence-corrected chi connectivity index (χ2v) is 8.90. The van der Waals surface area contributed by atoms with Crippen molar-refractivity contribution in [3.63, 3.8) is 0 Å². The van der Waals surface area contributed by atoms with Crippen molar-refractivity contribution in [1.82, 2.24) is 14.7 Å². The molecule has 33 heavy (non-hydrogen) atoms. The number of amides is 1. The Kier molecular flexibility index (Phi) is 4.23. The van der Waals surface area contributed by atoms with Gasteiger partial charge in [0.25, 0.3) is 5.91 Å². The number of likely N-dealkylation sites (N-methyl/N-ethyl adjacent to an activating group) is 1. The predicted octanol–water partition coefficient (Wildman–Crippen LogP) is 4.60. The van der Waals surface area contributed by atoms with Crippen LogP contribution in [0.25, 0.3) is 22.0 Å². The highest BCUT2D eigenvalue weighted by Crippen LogP contribution is 2.51. The minimum absolute atomic E-state index is 0.112. The highest BCUT2D eigenvalue weighted by molar-refractivity contribution is 6.08. The first-order valence-electron chi connectivity index (χ1n) is 10.9. The standard InChI is InChI=1S/C26H22F2N4O/c1-30-11-10-26(30)20-7-3-4-9-24(20)32(25(26)33)15-19-21(27)12-16(13-22(19)28)17-6-5-8-23-18(17)14-31(2)29-23/h3-9,12-14H,10-11,15H2,1-2H3. The molecule has 2 aliphatic heterocycles. The lowest BCUT2D eigenvalue weighted by Crippen LogP contribution is -2.60. The van der Waals surface area contributed by atoms with Crippen LogP contribution >= 0.6 is 0 Å². The summed E-state index contributed by atoms with van der Waals surface area (Å²) in [6.45, 7) is 0.658. The second-order valence-electron chi connectivity index (χ2n) is 8.90. The molecular formula is C26H22F2N4O. The van der Waals surface area contributed by atoms with E-state index in [1.165, 1.54) is 17.0 Å². The SMILES string of the molecule is CN1CCC12C(=O)N(Cc1c(F)cc(-c3cccc4nn(C)cc34)cc1F)c1ccccc12. The van der Waals surface area contributed by atoms with Gasteiger partial charge in [0, 0.05) is 42.0 Å². The summed E-state index contributed by atoms with van der Waals surface area (Å²) in [7, 11) is 3.72. The minimum atomic E-state index is -0.723. The van der Waals surface area contributed by atoms with Crippen LogP contribution in [0.3, 0.4) is 0 Å². The number of halogens is 2. The van der Waals surface area contributed by atoms with E-state index in [1.807, 2.05) is 67.7 Å². The van der Waals surface area contributed by atoms with E-state index >= 15 is 8.78 Å². The van der Waals surface area contributed by atoms with Gasteiger partial charge in [-0.15, -0.1) is 0 Å². The van der Waals surface area contributed by atoms with Gasteiger partial charge in [0.05, 0.1) is 12.1 Å². The van der Waals surface area contributed by atoms with E-state index in [1.54, 1.807) is 4.68 Å². The van der Waals surface area contributed by atoms with E-state index in [9.17, 15) is 4.79 Å². The van der Waals surface area contributed by atoms with Crippen LogP contribution in [0.5, 0.6) is 0 Å². The zero-order valence-corrected chi connectivity index (χ0v) is 18.3. The fourth-order valence-corrected chi connectivity index (χ4v) is 5.31. The molecule has 1 spiro atoms. The number of hydrogen-bond donors (Lipinski definition) is 0. The van der Waals surface area contributed by atoms with E-state index in [-0.39, 0.29) is 18.0 Å². The van der Waals surface area contributed by atoms with Crippen molar-refractivity contribution in [3.05, 3.63) is 83.6 Å². The quantitative estimate of drug-likeness (QED) is 0.464. The topological polar surface area (TPSA) is 41.4 Å². The molecule has 1 unspecified atom stereocenters. The van der Waals surface area contributed by atoms with Crippen LogP contribution in [0.1, 0.15) is 17.5 Å². The summed E-state index contributed by atoms with van der Waals surface area (Å²) in [6, 6.07) is 15.7. The Morgan fingerprint density at radius 1 is 1.03 bits per heavy atom. The molecule has 0 radical (unpaired) electrons. The molecule has 1 aromatic heterocycles. The lowest BCUT2D eigenvalue weighted by molar-refractivity contribution is -0.137. The number of likely N-dealkylation sites (tertiary alicyclic amines) is 1. The molecule has 2 aliphatic rings. The lowest BCUT2D eigenvalue weighted by Gasteiger charge is -2.47. The van der Waals surface area contributed by atoms with Crippen molar-refractivity contribution in [2.24, 2.45) is 7.05 Å². The van der Waals surface area contributed by atoms with Gasteiger partial charge >= 0.3 is 0 Å². The number of hydrogen-bond acceptors (Lipinski definition) is 3. The molecule has 0 N–H and O–H groups in total. The number of rotatable bonds is 3. The Balaban J connectivity index is 1.40. The summed E-state index contributed by atoms with van der Waals surface area (Å²) >= 11 is 0. The molecule has 7 heteroatoms. The lowest BCUT2D eigenvalue weighted by atomic mass is 9.80. The van der Waals surface area contributed by atoms with E-state index in [4.69, 9.17) is 0 Å². The van der Waals surface area contributed by atoms with Crippen molar-refractivity contribution in [2.75, 3.05) is 18.5 Å². The Labute approximate surface area is 189 Å². The molecular weight excluding hydrogens is 422 g/mol. The maximum atomic E-state index is 15.3. The molecule has 3 heterocycles. The molecule has 0 saturated carbocycles. The van der Waals surface area contributed by atoms with Crippen LogP contribution in [-0.4, -0.2) is 34.2 Å². The summed E-state index contributed by atoms with van der Waals surface area (Å²) < 4.78 is 32.3. The molecule has 3 aromatic carbocycles. The molecule has 1 atom stereocenters. The average molecular weight is 444 g/mol. The summed E-state index contributed by atoms with van der Waals surface area (Å²) in [5, 5.41) is 5.20. The van der Waals surface area contributed by atoms with Crippen LogP contribution in [0.2, 0.25) is 0 Å². The van der Waals surface area contributed by atoms with Crippen LogP contribution in [-0.2, 0) is 23.9 Å². The molecule has 0 aliphatic carbocycles. The third-order valence-electron chi connectivity index (χ3n) is 7.13. The highest BCUT2D eigenvalue weighted by Gasteiger charge is 2.58. The number of para-hydroxylation sites is 1. The number of aromatic nitrogens is 2. The summed E-state index contributed by atoms with van der Waals surface area (Å²) in [4.78, 5) is 17.0. The monoisotopic (exact) mass is 444 g/mol. The van der Waals surface area contributed by atoms with Crippen molar-refractivity contribution in [3.8, 4) is 11.1 Å². The summed E-state index contributed by atoms with van der Waals surface area (Å²) in [6.07, 6.45) is 2.54. The van der Waals surface area contributed by atoms with Gasteiger partial charge in [-0.3, -0.25) is 14.4 Å². The van der Waals surface area contributed by atoms with Crippen LogP contribution in [0.4, 0.5) is 14.5 Å².